The van der Waals surface area contributed by atoms with E-state index < -0.39 is 0 Å². The Bertz CT molecular complexity index is 998. The van der Waals surface area contributed by atoms with Crippen LogP contribution in [0.15, 0.2) is 72.4 Å². The van der Waals surface area contributed by atoms with Gasteiger partial charge in [0.1, 0.15) is 18.2 Å². The van der Waals surface area contributed by atoms with Crippen LogP contribution in [0.25, 0.3) is 10.8 Å². The monoisotopic (exact) mass is 349 g/mol. The van der Waals surface area contributed by atoms with Crippen LogP contribution in [0.3, 0.4) is 0 Å². The van der Waals surface area contributed by atoms with Crippen molar-refractivity contribution >= 4 is 22.1 Å². The number of halogens is 1. The zero-order chi connectivity index (χ0) is 17.1. The number of nitrogens with zero attached hydrogens (tertiary/aromatic N) is 1. The second kappa shape index (κ2) is 7.03. The molecule has 2 nitrogen and oxygen atoms in total. The zero-order valence-electron chi connectivity index (χ0n) is 13.5. The molecule has 3 aromatic carbocycles. The molecule has 0 spiro atoms. The van der Waals surface area contributed by atoms with Gasteiger partial charge in [0.05, 0.1) is 5.51 Å². The highest BCUT2D eigenvalue weighted by Gasteiger charge is 2.04. The van der Waals surface area contributed by atoms with E-state index in [1.54, 1.807) is 23.5 Å². The van der Waals surface area contributed by atoms with Gasteiger partial charge >= 0.3 is 0 Å². The Morgan fingerprint density at radius 2 is 1.80 bits per heavy atom. The van der Waals surface area contributed by atoms with Gasteiger partial charge < -0.3 is 4.74 Å². The lowest BCUT2D eigenvalue weighted by Gasteiger charge is -2.09. The third-order valence-corrected chi connectivity index (χ3v) is 4.87. The number of thiazole rings is 1. The number of fused-ring (bicyclic) bond motifs is 1. The summed E-state index contributed by atoms with van der Waals surface area (Å²) in [5.74, 6) is 0.502. The van der Waals surface area contributed by atoms with Crippen molar-refractivity contribution in [3.63, 3.8) is 0 Å². The smallest absolute Gasteiger partial charge is 0.129 e. The predicted octanol–water partition coefficient (Wildman–Crippen LogP) is 5.61. The number of benzene rings is 3. The number of rotatable bonds is 5. The summed E-state index contributed by atoms with van der Waals surface area (Å²) in [7, 11) is 0. The molecule has 0 saturated carbocycles. The van der Waals surface area contributed by atoms with Gasteiger partial charge in [-0.3, -0.25) is 4.98 Å². The summed E-state index contributed by atoms with van der Waals surface area (Å²) in [6, 6.07) is 19.1. The molecular weight excluding hydrogens is 333 g/mol. The van der Waals surface area contributed by atoms with Crippen LogP contribution in [0.2, 0.25) is 0 Å². The summed E-state index contributed by atoms with van der Waals surface area (Å²) in [5, 5.41) is 2.28. The van der Waals surface area contributed by atoms with E-state index in [9.17, 15) is 4.39 Å². The van der Waals surface area contributed by atoms with Crippen LogP contribution in [0.4, 0.5) is 4.39 Å². The lowest BCUT2D eigenvalue weighted by molar-refractivity contribution is 0.300. The van der Waals surface area contributed by atoms with Crippen molar-refractivity contribution < 1.29 is 9.13 Å². The van der Waals surface area contributed by atoms with Gasteiger partial charge in [0.25, 0.3) is 0 Å². The van der Waals surface area contributed by atoms with Crippen LogP contribution in [0.5, 0.6) is 5.75 Å². The Kier molecular flexibility index (Phi) is 4.44. The average molecular weight is 349 g/mol. The van der Waals surface area contributed by atoms with Gasteiger partial charge in [-0.05, 0) is 34.5 Å². The fourth-order valence-electron chi connectivity index (χ4n) is 2.78. The van der Waals surface area contributed by atoms with Gasteiger partial charge in [-0.1, -0.05) is 42.5 Å². The molecule has 0 aliphatic carbocycles. The van der Waals surface area contributed by atoms with Gasteiger partial charge in [-0.2, -0.15) is 0 Å². The molecule has 0 amide bonds. The Balaban J connectivity index is 1.51. The van der Waals surface area contributed by atoms with Gasteiger partial charge in [-0.15, -0.1) is 11.3 Å². The van der Waals surface area contributed by atoms with E-state index >= 15 is 0 Å². The number of aromatic nitrogens is 1. The number of ether oxygens (including phenoxy) is 1. The maximum absolute atomic E-state index is 13.7. The maximum atomic E-state index is 13.7. The molecule has 1 aromatic heterocycles. The van der Waals surface area contributed by atoms with Crippen molar-refractivity contribution in [2.45, 2.75) is 13.0 Å². The van der Waals surface area contributed by atoms with Gasteiger partial charge in [0.15, 0.2) is 0 Å². The molecular formula is C21H16FNOS. The third-order valence-electron chi connectivity index (χ3n) is 4.09. The third kappa shape index (κ3) is 3.69. The molecule has 4 heteroatoms. The van der Waals surface area contributed by atoms with E-state index in [1.807, 2.05) is 36.0 Å². The highest BCUT2D eigenvalue weighted by molar-refractivity contribution is 7.09. The van der Waals surface area contributed by atoms with E-state index in [2.05, 4.69) is 23.2 Å². The molecule has 0 bridgehead atoms. The van der Waals surface area contributed by atoms with Crippen LogP contribution in [0, 0.1) is 5.82 Å². The molecule has 0 atom stereocenters. The second-order valence-electron chi connectivity index (χ2n) is 5.87. The summed E-state index contributed by atoms with van der Waals surface area (Å²) < 4.78 is 19.4. The Morgan fingerprint density at radius 1 is 0.960 bits per heavy atom. The van der Waals surface area contributed by atoms with Crippen molar-refractivity contribution in [3.8, 4) is 5.75 Å². The molecule has 0 unspecified atom stereocenters. The molecule has 0 N–H and O–H groups in total. The fraction of sp³-hybridized carbons (Fsp3) is 0.0952. The van der Waals surface area contributed by atoms with Crippen LogP contribution >= 0.6 is 11.3 Å². The van der Waals surface area contributed by atoms with Crippen molar-refractivity contribution in [2.24, 2.45) is 0 Å². The van der Waals surface area contributed by atoms with Crippen molar-refractivity contribution in [1.29, 1.82) is 0 Å². The lowest BCUT2D eigenvalue weighted by atomic mass is 10.0. The standard InChI is InChI=1S/C21H16FNOS/c22-21-4-2-1-3-18(21)13-24-19-8-7-16-9-15(5-6-17(16)11-19)10-20-12-23-14-25-20/h1-9,11-12,14H,10,13H2. The SMILES string of the molecule is Fc1ccccc1COc1ccc2cc(Cc3cncs3)ccc2c1. The summed E-state index contributed by atoms with van der Waals surface area (Å²) in [6.07, 6.45) is 2.81. The summed E-state index contributed by atoms with van der Waals surface area (Å²) in [4.78, 5) is 5.37. The quantitative estimate of drug-likeness (QED) is 0.467. The highest BCUT2D eigenvalue weighted by Crippen LogP contribution is 2.24. The molecule has 0 aliphatic heterocycles. The minimum Gasteiger partial charge on any atom is -0.489 e. The van der Waals surface area contributed by atoms with E-state index in [1.165, 1.54) is 21.9 Å². The van der Waals surface area contributed by atoms with E-state index in [0.717, 1.165) is 17.6 Å². The average Bonchev–Trinajstić information content (AvgIpc) is 3.14. The van der Waals surface area contributed by atoms with Gasteiger partial charge in [-0.25, -0.2) is 4.39 Å². The normalized spacial score (nSPS) is 10.9. The molecule has 0 aliphatic rings. The largest absolute Gasteiger partial charge is 0.489 e. The van der Waals surface area contributed by atoms with E-state index in [4.69, 9.17) is 4.74 Å². The highest BCUT2D eigenvalue weighted by atomic mass is 32.1. The first kappa shape index (κ1) is 15.8. The van der Waals surface area contributed by atoms with Crippen molar-refractivity contribution in [1.82, 2.24) is 4.98 Å². The predicted molar refractivity (Wildman–Crippen MR) is 99.6 cm³/mol. The second-order valence-corrected chi connectivity index (χ2v) is 6.84. The van der Waals surface area contributed by atoms with Crippen molar-refractivity contribution in [3.05, 3.63) is 94.2 Å². The lowest BCUT2D eigenvalue weighted by Crippen LogP contribution is -1.98. The topological polar surface area (TPSA) is 22.1 Å². The summed E-state index contributed by atoms with van der Waals surface area (Å²) >= 11 is 1.67. The first-order valence-electron chi connectivity index (χ1n) is 8.04. The van der Waals surface area contributed by atoms with E-state index in [-0.39, 0.29) is 12.4 Å². The number of hydrogen-bond acceptors (Lipinski definition) is 3. The molecule has 4 aromatic rings. The Labute approximate surface area is 149 Å². The van der Waals surface area contributed by atoms with Crippen molar-refractivity contribution in [2.75, 3.05) is 0 Å². The minimum absolute atomic E-state index is 0.224. The Hall–Kier alpha value is -2.72. The fourth-order valence-corrected chi connectivity index (χ4v) is 3.41. The zero-order valence-corrected chi connectivity index (χ0v) is 14.3. The van der Waals surface area contributed by atoms with Crippen LogP contribution in [-0.2, 0) is 13.0 Å². The molecule has 0 saturated heterocycles. The van der Waals surface area contributed by atoms with Crippen LogP contribution in [-0.4, -0.2) is 4.98 Å². The van der Waals surface area contributed by atoms with Gasteiger partial charge in [0, 0.05) is 23.1 Å². The summed E-state index contributed by atoms with van der Waals surface area (Å²) in [5.41, 5.74) is 3.68. The summed E-state index contributed by atoms with van der Waals surface area (Å²) in [6.45, 7) is 0.224. The molecule has 1 heterocycles. The first-order chi connectivity index (χ1) is 12.3. The molecule has 25 heavy (non-hydrogen) atoms. The minimum atomic E-state index is -0.240. The molecule has 0 radical (unpaired) electrons. The molecule has 4 rings (SSSR count). The van der Waals surface area contributed by atoms with Crippen LogP contribution < -0.4 is 4.74 Å². The number of hydrogen-bond donors (Lipinski definition) is 0. The van der Waals surface area contributed by atoms with Crippen LogP contribution in [0.1, 0.15) is 16.0 Å². The van der Waals surface area contributed by atoms with Gasteiger partial charge in [0.2, 0.25) is 0 Å². The molecule has 0 fully saturated rings. The molecule has 124 valence electrons. The first-order valence-corrected chi connectivity index (χ1v) is 8.92. The maximum Gasteiger partial charge on any atom is 0.129 e. The van der Waals surface area contributed by atoms with E-state index in [0.29, 0.717) is 5.56 Å². The Morgan fingerprint density at radius 3 is 2.64 bits per heavy atom.